The minimum absolute atomic E-state index is 0.180. The average molecular weight is 220 g/mol. The normalized spacial score (nSPS) is 19.8. The Morgan fingerprint density at radius 1 is 1.50 bits per heavy atom. The van der Waals surface area contributed by atoms with Crippen LogP contribution in [0.5, 0.6) is 0 Å². The Kier molecular flexibility index (Phi) is 2.99. The summed E-state index contributed by atoms with van der Waals surface area (Å²) in [5.41, 5.74) is 7.54. The Bertz CT molecular complexity index is 392. The quantitative estimate of drug-likeness (QED) is 0.605. The molecule has 1 heterocycles. The van der Waals surface area contributed by atoms with Gasteiger partial charge in [-0.05, 0) is 25.0 Å². The van der Waals surface area contributed by atoms with Crippen LogP contribution < -0.4 is 10.6 Å². The third-order valence-electron chi connectivity index (χ3n) is 2.97. The number of nitrogen functional groups attached to an aromatic ring is 1. The van der Waals surface area contributed by atoms with Crippen LogP contribution in [0.1, 0.15) is 12.8 Å². The van der Waals surface area contributed by atoms with Crippen molar-refractivity contribution in [1.82, 2.24) is 0 Å². The number of hydrogen-bond acceptors (Lipinski definition) is 4. The van der Waals surface area contributed by atoms with E-state index in [1.807, 2.05) is 29.2 Å². The van der Waals surface area contributed by atoms with Crippen LogP contribution in [0.4, 0.5) is 11.4 Å². The number of carbonyl (C=O) groups is 1. The van der Waals surface area contributed by atoms with Crippen molar-refractivity contribution in [1.29, 1.82) is 0 Å². The molecule has 0 radical (unpaired) electrons. The standard InChI is InChI=1S/C12H16N2O2/c1-16-12(15)11-7-4-8-14(11)10-6-3-2-5-9(10)13/h2-3,5-6,11H,4,7-8,13H2,1H3. The highest BCUT2D eigenvalue weighted by molar-refractivity contribution is 5.83. The van der Waals surface area contributed by atoms with Crippen molar-refractivity contribution in [2.75, 3.05) is 24.3 Å². The highest BCUT2D eigenvalue weighted by atomic mass is 16.5. The van der Waals surface area contributed by atoms with Crippen molar-refractivity contribution < 1.29 is 9.53 Å². The third-order valence-corrected chi connectivity index (χ3v) is 2.97. The fraction of sp³-hybridized carbons (Fsp3) is 0.417. The number of rotatable bonds is 2. The molecule has 1 saturated heterocycles. The molecule has 2 N–H and O–H groups in total. The van der Waals surface area contributed by atoms with Gasteiger partial charge in [-0.15, -0.1) is 0 Å². The molecule has 1 aromatic carbocycles. The summed E-state index contributed by atoms with van der Waals surface area (Å²) >= 11 is 0. The van der Waals surface area contributed by atoms with Crippen molar-refractivity contribution in [2.45, 2.75) is 18.9 Å². The van der Waals surface area contributed by atoms with Crippen LogP contribution in [0.15, 0.2) is 24.3 Å². The van der Waals surface area contributed by atoms with E-state index in [0.29, 0.717) is 5.69 Å². The molecule has 0 spiro atoms. The molecule has 4 heteroatoms. The second kappa shape index (κ2) is 4.43. The fourth-order valence-electron chi connectivity index (χ4n) is 2.19. The van der Waals surface area contributed by atoms with Gasteiger partial charge in [0.05, 0.1) is 18.5 Å². The zero-order chi connectivity index (χ0) is 11.5. The lowest BCUT2D eigenvalue weighted by atomic mass is 10.2. The average Bonchev–Trinajstić information content (AvgIpc) is 2.77. The summed E-state index contributed by atoms with van der Waals surface area (Å²) < 4.78 is 4.80. The summed E-state index contributed by atoms with van der Waals surface area (Å²) in [4.78, 5) is 13.6. The maximum Gasteiger partial charge on any atom is 0.328 e. The number of nitrogens with two attached hydrogens (primary N) is 1. The molecule has 16 heavy (non-hydrogen) atoms. The van der Waals surface area contributed by atoms with E-state index in [0.717, 1.165) is 25.1 Å². The molecule has 1 aromatic rings. The Morgan fingerprint density at radius 3 is 2.94 bits per heavy atom. The Labute approximate surface area is 95.0 Å². The van der Waals surface area contributed by atoms with Gasteiger partial charge in [0.1, 0.15) is 6.04 Å². The second-order valence-electron chi connectivity index (χ2n) is 3.93. The molecule has 4 nitrogen and oxygen atoms in total. The molecule has 0 saturated carbocycles. The van der Waals surface area contributed by atoms with E-state index in [9.17, 15) is 4.79 Å². The van der Waals surface area contributed by atoms with Crippen LogP contribution in [0.2, 0.25) is 0 Å². The topological polar surface area (TPSA) is 55.6 Å². The molecule has 1 unspecified atom stereocenters. The van der Waals surface area contributed by atoms with Crippen molar-refractivity contribution in [3.63, 3.8) is 0 Å². The SMILES string of the molecule is COC(=O)C1CCCN1c1ccccc1N. The van der Waals surface area contributed by atoms with Crippen LogP contribution in [-0.4, -0.2) is 25.7 Å². The molecule has 1 aliphatic heterocycles. The minimum atomic E-state index is -0.185. The van der Waals surface area contributed by atoms with Gasteiger partial charge in [-0.1, -0.05) is 12.1 Å². The third kappa shape index (κ3) is 1.83. The molecule has 0 aromatic heterocycles. The molecule has 86 valence electrons. The van der Waals surface area contributed by atoms with Gasteiger partial charge in [-0.3, -0.25) is 0 Å². The smallest absolute Gasteiger partial charge is 0.328 e. The van der Waals surface area contributed by atoms with Crippen molar-refractivity contribution >= 4 is 17.3 Å². The number of esters is 1. The monoisotopic (exact) mass is 220 g/mol. The van der Waals surface area contributed by atoms with Gasteiger partial charge in [-0.2, -0.15) is 0 Å². The predicted octanol–water partition coefficient (Wildman–Crippen LogP) is 1.41. The van der Waals surface area contributed by atoms with Gasteiger partial charge in [0, 0.05) is 6.54 Å². The number of ether oxygens (including phenoxy) is 1. The van der Waals surface area contributed by atoms with Crippen molar-refractivity contribution in [3.05, 3.63) is 24.3 Å². The van der Waals surface area contributed by atoms with Gasteiger partial charge in [0.25, 0.3) is 0 Å². The van der Waals surface area contributed by atoms with Crippen molar-refractivity contribution in [3.8, 4) is 0 Å². The van der Waals surface area contributed by atoms with Gasteiger partial charge >= 0.3 is 5.97 Å². The van der Waals surface area contributed by atoms with Crippen molar-refractivity contribution in [2.24, 2.45) is 0 Å². The number of hydrogen-bond donors (Lipinski definition) is 1. The summed E-state index contributed by atoms with van der Waals surface area (Å²) in [7, 11) is 1.42. The molecule has 2 rings (SSSR count). The first-order valence-corrected chi connectivity index (χ1v) is 5.43. The number of anilines is 2. The Hall–Kier alpha value is -1.71. The van der Waals surface area contributed by atoms with E-state index >= 15 is 0 Å². The molecular weight excluding hydrogens is 204 g/mol. The zero-order valence-electron chi connectivity index (χ0n) is 9.35. The highest BCUT2D eigenvalue weighted by Gasteiger charge is 2.32. The summed E-state index contributed by atoms with van der Waals surface area (Å²) in [6.07, 6.45) is 1.83. The number of methoxy groups -OCH3 is 1. The molecule has 1 aliphatic rings. The zero-order valence-corrected chi connectivity index (χ0v) is 9.35. The van der Waals surface area contributed by atoms with Gasteiger partial charge in [-0.25, -0.2) is 4.79 Å². The lowest BCUT2D eigenvalue weighted by Crippen LogP contribution is -2.37. The Morgan fingerprint density at radius 2 is 2.25 bits per heavy atom. The molecule has 1 atom stereocenters. The van der Waals surface area contributed by atoms with Crippen LogP contribution in [0.3, 0.4) is 0 Å². The van der Waals surface area contributed by atoms with E-state index in [-0.39, 0.29) is 12.0 Å². The van der Waals surface area contributed by atoms with E-state index in [1.165, 1.54) is 7.11 Å². The molecular formula is C12H16N2O2. The van der Waals surface area contributed by atoms with E-state index in [4.69, 9.17) is 10.5 Å². The van der Waals surface area contributed by atoms with Crippen LogP contribution >= 0.6 is 0 Å². The molecule has 1 fully saturated rings. The first kappa shape index (κ1) is 10.8. The number of para-hydroxylation sites is 2. The second-order valence-corrected chi connectivity index (χ2v) is 3.93. The summed E-state index contributed by atoms with van der Waals surface area (Å²) in [6, 6.07) is 7.42. The molecule has 0 aliphatic carbocycles. The fourth-order valence-corrected chi connectivity index (χ4v) is 2.19. The van der Waals surface area contributed by atoms with E-state index in [1.54, 1.807) is 0 Å². The number of benzene rings is 1. The minimum Gasteiger partial charge on any atom is -0.467 e. The first-order valence-electron chi connectivity index (χ1n) is 5.43. The summed E-state index contributed by atoms with van der Waals surface area (Å²) in [6.45, 7) is 0.855. The van der Waals surface area contributed by atoms with Crippen LogP contribution in [-0.2, 0) is 9.53 Å². The summed E-state index contributed by atoms with van der Waals surface area (Å²) in [5, 5.41) is 0. The van der Waals surface area contributed by atoms with Crippen LogP contribution in [0.25, 0.3) is 0 Å². The van der Waals surface area contributed by atoms with Gasteiger partial charge in [0.2, 0.25) is 0 Å². The van der Waals surface area contributed by atoms with Crippen LogP contribution in [0, 0.1) is 0 Å². The maximum absolute atomic E-state index is 11.6. The largest absolute Gasteiger partial charge is 0.467 e. The predicted molar refractivity (Wildman–Crippen MR) is 63.2 cm³/mol. The van der Waals surface area contributed by atoms with E-state index < -0.39 is 0 Å². The van der Waals surface area contributed by atoms with E-state index in [2.05, 4.69) is 0 Å². The number of nitrogens with zero attached hydrogens (tertiary/aromatic N) is 1. The first-order chi connectivity index (χ1) is 7.74. The molecule has 0 amide bonds. The lowest BCUT2D eigenvalue weighted by Gasteiger charge is -2.25. The van der Waals surface area contributed by atoms with Gasteiger partial charge in [0.15, 0.2) is 0 Å². The summed E-state index contributed by atoms with van der Waals surface area (Å²) in [5.74, 6) is -0.180. The number of carbonyl (C=O) groups excluding carboxylic acids is 1. The maximum atomic E-state index is 11.6. The highest BCUT2D eigenvalue weighted by Crippen LogP contribution is 2.30. The lowest BCUT2D eigenvalue weighted by molar-refractivity contribution is -0.141. The Balaban J connectivity index is 2.27. The molecule has 0 bridgehead atoms. The van der Waals surface area contributed by atoms with Gasteiger partial charge < -0.3 is 15.4 Å².